The lowest BCUT2D eigenvalue weighted by atomic mass is 10.2. The van der Waals surface area contributed by atoms with Crippen molar-refractivity contribution >= 4 is 18.4 Å². The number of hydrogen-bond donors (Lipinski definition) is 1. The smallest absolute Gasteiger partial charge is 0.216 e. The highest BCUT2D eigenvalue weighted by atomic mass is 32.1. The number of benzene rings is 1. The summed E-state index contributed by atoms with van der Waals surface area (Å²) in [7, 11) is 4.70. The van der Waals surface area contributed by atoms with Gasteiger partial charge in [-0.25, -0.2) is 0 Å². The molecule has 0 bridgehead atoms. The first-order valence-corrected chi connectivity index (χ1v) is 7.06. The van der Waals surface area contributed by atoms with E-state index in [9.17, 15) is 0 Å². The minimum Gasteiger partial charge on any atom is -0.493 e. The van der Waals surface area contributed by atoms with Crippen molar-refractivity contribution in [2.24, 2.45) is 5.10 Å². The Morgan fingerprint density at radius 1 is 1.23 bits per heavy atom. The summed E-state index contributed by atoms with van der Waals surface area (Å²) in [5.41, 5.74) is 0.741. The average Bonchev–Trinajstić information content (AvgIpc) is 2.91. The third-order valence-electron chi connectivity index (χ3n) is 3.08. The van der Waals surface area contributed by atoms with E-state index >= 15 is 0 Å². The SMILES string of the molecule is CCc1n[nH]c(=S)n1/N=C\c1ccc(OC)c(OC)c1OC. The fourth-order valence-corrected chi connectivity index (χ4v) is 2.22. The standard InChI is InChI=1S/C14H18N4O3S/c1-5-11-16-17-14(22)18(11)15-8-9-6-7-10(19-2)13(21-4)12(9)20-3/h6-8H,5H2,1-4H3,(H,17,22)/b15-8-. The van der Waals surface area contributed by atoms with Crippen molar-refractivity contribution in [3.05, 3.63) is 28.3 Å². The highest BCUT2D eigenvalue weighted by molar-refractivity contribution is 7.71. The maximum absolute atomic E-state index is 5.41. The fraction of sp³-hybridized carbons (Fsp3) is 0.357. The normalized spacial score (nSPS) is 10.9. The molecule has 0 saturated carbocycles. The zero-order valence-electron chi connectivity index (χ0n) is 12.9. The quantitative estimate of drug-likeness (QED) is 0.653. The van der Waals surface area contributed by atoms with Crippen LogP contribution in [0.3, 0.4) is 0 Å². The molecule has 1 aromatic carbocycles. The van der Waals surface area contributed by atoms with Gasteiger partial charge in [-0.3, -0.25) is 5.10 Å². The van der Waals surface area contributed by atoms with Crippen LogP contribution in [-0.2, 0) is 6.42 Å². The molecule has 0 spiro atoms. The Hall–Kier alpha value is -2.35. The number of hydrogen-bond acceptors (Lipinski definition) is 6. The molecule has 8 heteroatoms. The number of ether oxygens (including phenoxy) is 3. The summed E-state index contributed by atoms with van der Waals surface area (Å²) in [5, 5.41) is 11.2. The molecule has 0 fully saturated rings. The molecule has 118 valence electrons. The van der Waals surface area contributed by atoms with Gasteiger partial charge in [-0.1, -0.05) is 6.92 Å². The lowest BCUT2D eigenvalue weighted by Crippen LogP contribution is -2.01. The highest BCUT2D eigenvalue weighted by Crippen LogP contribution is 2.38. The van der Waals surface area contributed by atoms with Gasteiger partial charge in [0.15, 0.2) is 17.3 Å². The van der Waals surface area contributed by atoms with Crippen LogP contribution in [0.2, 0.25) is 0 Å². The van der Waals surface area contributed by atoms with Crippen LogP contribution in [0.25, 0.3) is 0 Å². The van der Waals surface area contributed by atoms with Crippen LogP contribution in [0.4, 0.5) is 0 Å². The first-order valence-electron chi connectivity index (χ1n) is 6.65. The van der Waals surface area contributed by atoms with E-state index in [1.807, 2.05) is 13.0 Å². The zero-order chi connectivity index (χ0) is 16.1. The lowest BCUT2D eigenvalue weighted by molar-refractivity contribution is 0.324. The lowest BCUT2D eigenvalue weighted by Gasteiger charge is -2.13. The molecular formula is C14H18N4O3S. The predicted octanol–water partition coefficient (Wildman–Crippen LogP) is 2.41. The van der Waals surface area contributed by atoms with E-state index < -0.39 is 0 Å². The molecule has 0 aliphatic rings. The average molecular weight is 322 g/mol. The van der Waals surface area contributed by atoms with E-state index in [0.29, 0.717) is 28.4 Å². The van der Waals surface area contributed by atoms with Crippen molar-refractivity contribution in [1.29, 1.82) is 0 Å². The summed E-state index contributed by atoms with van der Waals surface area (Å²) in [6.45, 7) is 1.98. The molecule has 0 unspecified atom stereocenters. The van der Waals surface area contributed by atoms with Crippen molar-refractivity contribution in [2.75, 3.05) is 21.3 Å². The number of methoxy groups -OCH3 is 3. The van der Waals surface area contributed by atoms with E-state index in [4.69, 9.17) is 26.4 Å². The second-order valence-electron chi connectivity index (χ2n) is 4.28. The van der Waals surface area contributed by atoms with Gasteiger partial charge in [-0.15, -0.1) is 0 Å². The van der Waals surface area contributed by atoms with Crippen LogP contribution >= 0.6 is 12.2 Å². The Balaban J connectivity index is 2.47. The summed E-state index contributed by atoms with van der Waals surface area (Å²) in [4.78, 5) is 0. The highest BCUT2D eigenvalue weighted by Gasteiger charge is 2.14. The van der Waals surface area contributed by atoms with Crippen molar-refractivity contribution in [1.82, 2.24) is 14.9 Å². The van der Waals surface area contributed by atoms with Crippen molar-refractivity contribution in [3.8, 4) is 17.2 Å². The van der Waals surface area contributed by atoms with Crippen LogP contribution < -0.4 is 14.2 Å². The van der Waals surface area contributed by atoms with Gasteiger partial charge >= 0.3 is 0 Å². The van der Waals surface area contributed by atoms with Gasteiger partial charge in [0.25, 0.3) is 0 Å². The number of nitrogens with one attached hydrogen (secondary N) is 1. The summed E-state index contributed by atoms with van der Waals surface area (Å²) in [6, 6.07) is 3.62. The van der Waals surface area contributed by atoms with Crippen LogP contribution in [0, 0.1) is 4.77 Å². The predicted molar refractivity (Wildman–Crippen MR) is 85.9 cm³/mol. The van der Waals surface area contributed by atoms with E-state index in [1.165, 1.54) is 0 Å². The van der Waals surface area contributed by atoms with E-state index in [-0.39, 0.29) is 0 Å². The number of rotatable bonds is 6. The molecular weight excluding hydrogens is 304 g/mol. The molecule has 22 heavy (non-hydrogen) atoms. The van der Waals surface area contributed by atoms with E-state index in [0.717, 1.165) is 11.4 Å². The van der Waals surface area contributed by atoms with E-state index in [1.54, 1.807) is 38.3 Å². The molecule has 0 atom stereocenters. The topological polar surface area (TPSA) is 73.7 Å². The molecule has 0 aliphatic heterocycles. The Morgan fingerprint density at radius 3 is 2.55 bits per heavy atom. The summed E-state index contributed by atoms with van der Waals surface area (Å²) >= 11 is 5.16. The monoisotopic (exact) mass is 322 g/mol. The third kappa shape index (κ3) is 2.96. The minimum atomic E-state index is 0.438. The molecule has 0 aliphatic carbocycles. The fourth-order valence-electron chi connectivity index (χ4n) is 2.02. The molecule has 0 saturated heterocycles. The maximum atomic E-state index is 5.41. The van der Waals surface area contributed by atoms with Crippen LogP contribution in [-0.4, -0.2) is 42.4 Å². The number of aromatic nitrogens is 3. The van der Waals surface area contributed by atoms with Gasteiger partial charge in [0.2, 0.25) is 10.5 Å². The van der Waals surface area contributed by atoms with Crippen LogP contribution in [0.5, 0.6) is 17.2 Å². The first kappa shape index (κ1) is 16.0. The summed E-state index contributed by atoms with van der Waals surface area (Å²) in [6.07, 6.45) is 2.36. The number of aromatic amines is 1. The van der Waals surface area contributed by atoms with Crippen molar-refractivity contribution in [3.63, 3.8) is 0 Å². The largest absolute Gasteiger partial charge is 0.493 e. The van der Waals surface area contributed by atoms with Gasteiger partial charge in [0.05, 0.1) is 27.5 Å². The second-order valence-corrected chi connectivity index (χ2v) is 4.67. The molecule has 1 heterocycles. The van der Waals surface area contributed by atoms with Crippen molar-refractivity contribution < 1.29 is 14.2 Å². The van der Waals surface area contributed by atoms with Crippen LogP contribution in [0.1, 0.15) is 18.3 Å². The van der Waals surface area contributed by atoms with Gasteiger partial charge in [0.1, 0.15) is 0 Å². The third-order valence-corrected chi connectivity index (χ3v) is 3.34. The van der Waals surface area contributed by atoms with Crippen LogP contribution in [0.15, 0.2) is 17.2 Å². The van der Waals surface area contributed by atoms with Gasteiger partial charge in [0, 0.05) is 12.0 Å². The Kier molecular flexibility index (Phi) is 5.16. The molecule has 1 aromatic heterocycles. The Morgan fingerprint density at radius 2 is 1.95 bits per heavy atom. The van der Waals surface area contributed by atoms with Gasteiger partial charge < -0.3 is 14.2 Å². The number of aryl methyl sites for hydroxylation is 1. The zero-order valence-corrected chi connectivity index (χ0v) is 13.7. The molecule has 7 nitrogen and oxygen atoms in total. The maximum Gasteiger partial charge on any atom is 0.216 e. The van der Waals surface area contributed by atoms with Gasteiger partial charge in [-0.05, 0) is 24.4 Å². The second kappa shape index (κ2) is 7.08. The summed E-state index contributed by atoms with van der Waals surface area (Å²) < 4.78 is 18.0. The summed E-state index contributed by atoms with van der Waals surface area (Å²) in [5.74, 6) is 2.39. The van der Waals surface area contributed by atoms with E-state index in [2.05, 4.69) is 15.3 Å². The molecule has 1 N–H and O–H groups in total. The number of H-pyrrole nitrogens is 1. The molecule has 0 amide bonds. The number of nitrogens with zero attached hydrogens (tertiary/aromatic N) is 3. The Bertz CT molecular complexity index is 736. The Labute approximate surface area is 133 Å². The molecule has 2 aromatic rings. The first-order chi connectivity index (χ1) is 10.7. The molecule has 0 radical (unpaired) electrons. The van der Waals surface area contributed by atoms with Crippen molar-refractivity contribution in [2.45, 2.75) is 13.3 Å². The molecule has 2 rings (SSSR count). The minimum absolute atomic E-state index is 0.438. The van der Waals surface area contributed by atoms with Gasteiger partial charge in [-0.2, -0.15) is 14.9 Å².